The van der Waals surface area contributed by atoms with Gasteiger partial charge in [-0.2, -0.15) is 0 Å². The van der Waals surface area contributed by atoms with Crippen LogP contribution < -0.4 is 16.0 Å². The van der Waals surface area contributed by atoms with E-state index in [1.165, 1.54) is 0 Å². The molecule has 0 spiro atoms. The highest BCUT2D eigenvalue weighted by Gasteiger charge is 2.33. The lowest BCUT2D eigenvalue weighted by molar-refractivity contribution is -0.137. The lowest BCUT2D eigenvalue weighted by atomic mass is 10.0. The summed E-state index contributed by atoms with van der Waals surface area (Å²) in [7, 11) is 0. The predicted octanol–water partition coefficient (Wildman–Crippen LogP) is -2.07. The van der Waals surface area contributed by atoms with Gasteiger partial charge in [-0.3, -0.25) is 14.4 Å². The predicted molar refractivity (Wildman–Crippen MR) is 65.4 cm³/mol. The molecule has 0 bridgehead atoms. The Hall–Kier alpha value is -1.67. The number of aliphatic carboxylic acids is 1. The summed E-state index contributed by atoms with van der Waals surface area (Å²) in [6.45, 7) is 2.77. The molecule has 0 saturated carbocycles. The second kappa shape index (κ2) is 7.70. The SMILES string of the molecule is CCNC1COCC1C(=O)NCC(=O)NCC(=O)O. The minimum Gasteiger partial charge on any atom is -0.480 e. The molecular formula is C11H19N3O5. The van der Waals surface area contributed by atoms with Crippen molar-refractivity contribution in [1.82, 2.24) is 16.0 Å². The van der Waals surface area contributed by atoms with Crippen molar-refractivity contribution in [2.24, 2.45) is 5.92 Å². The smallest absolute Gasteiger partial charge is 0.322 e. The first-order chi connectivity index (χ1) is 9.04. The van der Waals surface area contributed by atoms with E-state index < -0.39 is 18.4 Å². The summed E-state index contributed by atoms with van der Waals surface area (Å²) in [6.07, 6.45) is 0. The molecule has 4 N–H and O–H groups in total. The highest BCUT2D eigenvalue weighted by molar-refractivity contribution is 5.87. The molecule has 2 unspecified atom stereocenters. The first-order valence-corrected chi connectivity index (χ1v) is 6.12. The molecule has 2 amide bonds. The summed E-state index contributed by atoms with van der Waals surface area (Å²) in [5.74, 6) is -2.26. The average molecular weight is 273 g/mol. The zero-order valence-electron chi connectivity index (χ0n) is 10.8. The van der Waals surface area contributed by atoms with Crippen LogP contribution in [0.5, 0.6) is 0 Å². The van der Waals surface area contributed by atoms with Crippen molar-refractivity contribution in [3.63, 3.8) is 0 Å². The summed E-state index contributed by atoms with van der Waals surface area (Å²) < 4.78 is 5.23. The number of carboxylic acid groups (broad SMARTS) is 1. The van der Waals surface area contributed by atoms with Crippen molar-refractivity contribution in [1.29, 1.82) is 0 Å². The van der Waals surface area contributed by atoms with Crippen LogP contribution in [0.15, 0.2) is 0 Å². The molecule has 1 saturated heterocycles. The fourth-order valence-corrected chi connectivity index (χ4v) is 1.81. The van der Waals surface area contributed by atoms with Gasteiger partial charge in [0.15, 0.2) is 0 Å². The van der Waals surface area contributed by atoms with Crippen LogP contribution in [0.4, 0.5) is 0 Å². The minimum atomic E-state index is -1.13. The molecule has 1 rings (SSSR count). The third-order valence-electron chi connectivity index (χ3n) is 2.74. The Bertz CT molecular complexity index is 347. The lowest BCUT2D eigenvalue weighted by Gasteiger charge is -2.17. The van der Waals surface area contributed by atoms with Gasteiger partial charge in [-0.1, -0.05) is 6.92 Å². The normalized spacial score (nSPS) is 21.9. The highest BCUT2D eigenvalue weighted by Crippen LogP contribution is 2.13. The van der Waals surface area contributed by atoms with Gasteiger partial charge in [-0.25, -0.2) is 0 Å². The quantitative estimate of drug-likeness (QED) is 0.423. The molecule has 1 heterocycles. The molecule has 1 fully saturated rings. The number of ether oxygens (including phenoxy) is 1. The van der Waals surface area contributed by atoms with Gasteiger partial charge in [-0.05, 0) is 6.54 Å². The average Bonchev–Trinajstić information content (AvgIpc) is 2.82. The number of carbonyl (C=O) groups is 3. The second-order valence-corrected chi connectivity index (χ2v) is 4.20. The van der Waals surface area contributed by atoms with Gasteiger partial charge in [-0.15, -0.1) is 0 Å². The van der Waals surface area contributed by atoms with E-state index in [9.17, 15) is 14.4 Å². The fourth-order valence-electron chi connectivity index (χ4n) is 1.81. The Morgan fingerprint density at radius 1 is 1.21 bits per heavy atom. The van der Waals surface area contributed by atoms with Crippen molar-refractivity contribution in [3.05, 3.63) is 0 Å². The van der Waals surface area contributed by atoms with Gasteiger partial charge < -0.3 is 25.8 Å². The van der Waals surface area contributed by atoms with Crippen molar-refractivity contribution in [3.8, 4) is 0 Å². The summed E-state index contributed by atoms with van der Waals surface area (Å²) in [5, 5.41) is 16.2. The summed E-state index contributed by atoms with van der Waals surface area (Å²) in [5.41, 5.74) is 0. The highest BCUT2D eigenvalue weighted by atomic mass is 16.5. The van der Waals surface area contributed by atoms with E-state index in [4.69, 9.17) is 9.84 Å². The van der Waals surface area contributed by atoms with E-state index in [0.29, 0.717) is 13.2 Å². The van der Waals surface area contributed by atoms with Gasteiger partial charge in [0.2, 0.25) is 11.8 Å². The van der Waals surface area contributed by atoms with Gasteiger partial charge in [0.05, 0.1) is 25.7 Å². The van der Waals surface area contributed by atoms with Crippen LogP contribution >= 0.6 is 0 Å². The van der Waals surface area contributed by atoms with Gasteiger partial charge in [0.25, 0.3) is 0 Å². The molecule has 19 heavy (non-hydrogen) atoms. The van der Waals surface area contributed by atoms with Gasteiger partial charge >= 0.3 is 5.97 Å². The molecular weight excluding hydrogens is 254 g/mol. The monoisotopic (exact) mass is 273 g/mol. The largest absolute Gasteiger partial charge is 0.480 e. The van der Waals surface area contributed by atoms with Crippen LogP contribution in [0.25, 0.3) is 0 Å². The number of carboxylic acids is 1. The molecule has 0 aromatic carbocycles. The van der Waals surface area contributed by atoms with Crippen molar-refractivity contribution < 1.29 is 24.2 Å². The number of carbonyl (C=O) groups excluding carboxylic acids is 2. The molecule has 1 aliphatic rings. The molecule has 2 atom stereocenters. The second-order valence-electron chi connectivity index (χ2n) is 4.20. The van der Waals surface area contributed by atoms with Crippen molar-refractivity contribution in [2.75, 3.05) is 32.8 Å². The Kier molecular flexibility index (Phi) is 6.23. The lowest BCUT2D eigenvalue weighted by Crippen LogP contribution is -2.46. The van der Waals surface area contributed by atoms with E-state index in [2.05, 4.69) is 16.0 Å². The van der Waals surface area contributed by atoms with Crippen molar-refractivity contribution >= 4 is 17.8 Å². The standard InChI is InChI=1S/C11H19N3O5/c1-2-12-8-6-19-5-7(8)11(18)14-3-9(15)13-4-10(16)17/h7-8,12H,2-6H2,1H3,(H,13,15)(H,14,18)(H,16,17). The van der Waals surface area contributed by atoms with Crippen LogP contribution in [0.3, 0.4) is 0 Å². The molecule has 108 valence electrons. The zero-order chi connectivity index (χ0) is 14.3. The van der Waals surface area contributed by atoms with E-state index in [1.54, 1.807) is 0 Å². The Labute approximate surface area is 110 Å². The maximum Gasteiger partial charge on any atom is 0.322 e. The molecule has 0 aromatic heterocycles. The molecule has 8 heteroatoms. The fraction of sp³-hybridized carbons (Fsp3) is 0.727. The third kappa shape index (κ3) is 5.23. The Balaban J connectivity index is 2.30. The third-order valence-corrected chi connectivity index (χ3v) is 2.74. The number of likely N-dealkylation sites (N-methyl/N-ethyl adjacent to an activating group) is 1. The molecule has 0 radical (unpaired) electrons. The first kappa shape index (κ1) is 15.4. The van der Waals surface area contributed by atoms with E-state index >= 15 is 0 Å². The summed E-state index contributed by atoms with van der Waals surface area (Å²) >= 11 is 0. The minimum absolute atomic E-state index is 0.0490. The van der Waals surface area contributed by atoms with Gasteiger partial charge in [0, 0.05) is 6.04 Å². The Morgan fingerprint density at radius 3 is 2.58 bits per heavy atom. The maximum absolute atomic E-state index is 11.8. The zero-order valence-corrected chi connectivity index (χ0v) is 10.8. The summed E-state index contributed by atoms with van der Waals surface area (Å²) in [4.78, 5) is 33.3. The van der Waals surface area contributed by atoms with Crippen LogP contribution in [-0.4, -0.2) is 61.8 Å². The number of rotatable bonds is 7. The van der Waals surface area contributed by atoms with E-state index in [1.807, 2.05) is 6.92 Å². The van der Waals surface area contributed by atoms with Crippen LogP contribution in [-0.2, 0) is 19.1 Å². The van der Waals surface area contributed by atoms with E-state index in [-0.39, 0.29) is 24.4 Å². The van der Waals surface area contributed by atoms with Crippen LogP contribution in [0.1, 0.15) is 6.92 Å². The topological polar surface area (TPSA) is 117 Å². The molecule has 0 aliphatic carbocycles. The van der Waals surface area contributed by atoms with Crippen LogP contribution in [0, 0.1) is 5.92 Å². The number of hydrogen-bond acceptors (Lipinski definition) is 5. The number of nitrogens with one attached hydrogen (secondary N) is 3. The van der Waals surface area contributed by atoms with Crippen molar-refractivity contribution in [2.45, 2.75) is 13.0 Å². The Morgan fingerprint density at radius 2 is 1.95 bits per heavy atom. The van der Waals surface area contributed by atoms with E-state index in [0.717, 1.165) is 6.54 Å². The number of amides is 2. The molecule has 1 aliphatic heterocycles. The maximum atomic E-state index is 11.8. The first-order valence-electron chi connectivity index (χ1n) is 6.12. The molecule has 8 nitrogen and oxygen atoms in total. The summed E-state index contributed by atoms with van der Waals surface area (Å²) in [6, 6.07) is -0.0490. The number of hydrogen-bond donors (Lipinski definition) is 4. The van der Waals surface area contributed by atoms with Crippen LogP contribution in [0.2, 0.25) is 0 Å². The molecule has 0 aromatic rings. The van der Waals surface area contributed by atoms with Gasteiger partial charge in [0.1, 0.15) is 6.54 Å².